The number of halogens is 2. The van der Waals surface area contributed by atoms with E-state index in [4.69, 9.17) is 4.74 Å². The fourth-order valence-electron chi connectivity index (χ4n) is 4.46. The number of aromatic nitrogens is 4. The number of ketones is 1. The lowest BCUT2D eigenvalue weighted by Gasteiger charge is -2.25. The van der Waals surface area contributed by atoms with Crippen molar-refractivity contribution in [2.75, 3.05) is 56.2 Å². The Kier molecular flexibility index (Phi) is 7.76. The zero-order valence-electron chi connectivity index (χ0n) is 20.6. The smallest absolute Gasteiger partial charge is 0.227 e. The number of nitriles is 1. The predicted octanol–water partition coefficient (Wildman–Crippen LogP) is 2.68. The first-order chi connectivity index (χ1) is 18.5. The maximum atomic E-state index is 14.6. The minimum absolute atomic E-state index is 0.0267. The number of pyridine rings is 2. The lowest BCUT2D eigenvalue weighted by molar-refractivity contribution is -0.120. The Morgan fingerprint density at radius 3 is 2.71 bits per heavy atom. The van der Waals surface area contributed by atoms with E-state index < -0.39 is 12.0 Å². The maximum Gasteiger partial charge on any atom is 0.227 e. The summed E-state index contributed by atoms with van der Waals surface area (Å²) in [6.45, 7) is 3.78. The lowest BCUT2D eigenvalue weighted by Crippen LogP contribution is -2.39. The molecule has 2 aliphatic rings. The molecule has 5 heterocycles. The highest BCUT2D eigenvalue weighted by Crippen LogP contribution is 2.28. The van der Waals surface area contributed by atoms with Crippen LogP contribution in [0.3, 0.4) is 0 Å². The third kappa shape index (κ3) is 6.07. The molecule has 38 heavy (non-hydrogen) atoms. The van der Waals surface area contributed by atoms with Crippen LogP contribution in [0.2, 0.25) is 0 Å². The van der Waals surface area contributed by atoms with Gasteiger partial charge in [0.05, 0.1) is 56.4 Å². The second kappa shape index (κ2) is 11.5. The Morgan fingerprint density at radius 1 is 1.16 bits per heavy atom. The summed E-state index contributed by atoms with van der Waals surface area (Å²) in [5.74, 6) is -0.0935. The number of carbonyl (C=O) groups is 1. The van der Waals surface area contributed by atoms with Gasteiger partial charge in [-0.05, 0) is 24.6 Å². The van der Waals surface area contributed by atoms with Crippen LogP contribution in [0.25, 0.3) is 11.3 Å². The van der Waals surface area contributed by atoms with Crippen molar-refractivity contribution in [1.29, 1.82) is 5.26 Å². The van der Waals surface area contributed by atoms with Gasteiger partial charge in [-0.2, -0.15) is 5.26 Å². The van der Waals surface area contributed by atoms with Crippen molar-refractivity contribution in [1.82, 2.24) is 24.8 Å². The highest BCUT2D eigenvalue weighted by Gasteiger charge is 2.25. The summed E-state index contributed by atoms with van der Waals surface area (Å²) < 4.78 is 33.6. The summed E-state index contributed by atoms with van der Waals surface area (Å²) in [6, 6.07) is 7.04. The van der Waals surface area contributed by atoms with E-state index in [1.165, 1.54) is 12.3 Å². The lowest BCUT2D eigenvalue weighted by atomic mass is 10.1. The molecule has 10 nitrogen and oxygen atoms in total. The minimum Gasteiger partial charge on any atom is -0.379 e. The molecular formula is C26H26F2N8O2. The number of morpholine rings is 1. The average Bonchev–Trinajstić information content (AvgIpc) is 3.37. The maximum absolute atomic E-state index is 14.6. The molecular weight excluding hydrogens is 494 g/mol. The summed E-state index contributed by atoms with van der Waals surface area (Å²) in [4.78, 5) is 33.1. The Balaban J connectivity index is 1.26. The molecule has 0 spiro atoms. The zero-order valence-corrected chi connectivity index (χ0v) is 20.6. The van der Waals surface area contributed by atoms with Gasteiger partial charge >= 0.3 is 0 Å². The number of alkyl halides is 1. The largest absolute Gasteiger partial charge is 0.379 e. The first-order valence-electron chi connectivity index (χ1n) is 12.3. The van der Waals surface area contributed by atoms with Gasteiger partial charge < -0.3 is 15.0 Å². The van der Waals surface area contributed by atoms with Crippen LogP contribution in [0.5, 0.6) is 0 Å². The predicted molar refractivity (Wildman–Crippen MR) is 135 cm³/mol. The summed E-state index contributed by atoms with van der Waals surface area (Å²) in [7, 11) is 0. The van der Waals surface area contributed by atoms with Gasteiger partial charge in [0.2, 0.25) is 5.95 Å². The fraction of sp³-hybridized carbons (Fsp3) is 0.385. The van der Waals surface area contributed by atoms with Crippen LogP contribution in [0.4, 0.5) is 26.2 Å². The molecule has 2 aliphatic heterocycles. The van der Waals surface area contributed by atoms with Gasteiger partial charge in [-0.3, -0.25) is 14.7 Å². The van der Waals surface area contributed by atoms with Gasteiger partial charge in [0.1, 0.15) is 23.8 Å². The summed E-state index contributed by atoms with van der Waals surface area (Å²) in [5, 5.41) is 12.6. The molecule has 0 radical (unpaired) electrons. The number of anilines is 3. The second-order valence-electron chi connectivity index (χ2n) is 9.20. The molecule has 1 N–H and O–H groups in total. The van der Waals surface area contributed by atoms with Gasteiger partial charge in [0, 0.05) is 37.1 Å². The van der Waals surface area contributed by atoms with Gasteiger partial charge in [-0.1, -0.05) is 0 Å². The highest BCUT2D eigenvalue weighted by atomic mass is 19.1. The van der Waals surface area contributed by atoms with Crippen LogP contribution in [-0.2, 0) is 16.0 Å². The van der Waals surface area contributed by atoms with E-state index in [1.807, 2.05) is 0 Å². The number of Topliss-reactive ketones (excluding diaryl/α,β-unsaturated/α-hetero) is 1. The van der Waals surface area contributed by atoms with Crippen molar-refractivity contribution in [2.24, 2.45) is 0 Å². The fourth-order valence-corrected chi connectivity index (χ4v) is 4.46. The number of carbonyl (C=O) groups excluding carboxylic acids is 1. The molecule has 3 aromatic heterocycles. The van der Waals surface area contributed by atoms with Crippen LogP contribution < -0.4 is 10.2 Å². The number of nitrogens with one attached hydrogen (secondary N) is 1. The number of rotatable bonds is 8. The third-order valence-electron chi connectivity index (χ3n) is 6.40. The molecule has 2 saturated heterocycles. The molecule has 12 heteroatoms. The topological polar surface area (TPSA) is 120 Å². The van der Waals surface area contributed by atoms with Crippen molar-refractivity contribution < 1.29 is 18.3 Å². The molecule has 5 rings (SSSR count). The van der Waals surface area contributed by atoms with E-state index in [2.05, 4.69) is 36.2 Å². The monoisotopic (exact) mass is 520 g/mol. The summed E-state index contributed by atoms with van der Waals surface area (Å²) in [5.41, 5.74) is 1.69. The van der Waals surface area contributed by atoms with E-state index in [0.29, 0.717) is 55.5 Å². The van der Waals surface area contributed by atoms with Crippen LogP contribution in [0, 0.1) is 17.1 Å². The van der Waals surface area contributed by atoms with E-state index >= 15 is 0 Å². The van der Waals surface area contributed by atoms with E-state index in [9.17, 15) is 18.8 Å². The Hall–Kier alpha value is -4.08. The highest BCUT2D eigenvalue weighted by molar-refractivity contribution is 5.82. The second-order valence-corrected chi connectivity index (χ2v) is 9.20. The van der Waals surface area contributed by atoms with Gasteiger partial charge in [-0.25, -0.2) is 23.7 Å². The standard InChI is InChI=1S/C26H26F2N8O2/c27-19-3-4-36(15-19)25-17(11-29)9-18(12-31-25)24-23(28)14-32-26(34-24)33-21-2-1-20(30-13-21)10-22(37)16-35-5-7-38-8-6-35/h1-2,9,12-14,19H,3-8,10,15-16H2,(H,32,33,34)/t19-/m0/s1. The van der Waals surface area contributed by atoms with Crippen LogP contribution >= 0.6 is 0 Å². The van der Waals surface area contributed by atoms with Gasteiger partial charge in [0.25, 0.3) is 0 Å². The number of hydrogen-bond acceptors (Lipinski definition) is 10. The van der Waals surface area contributed by atoms with E-state index in [0.717, 1.165) is 19.3 Å². The molecule has 3 aromatic rings. The van der Waals surface area contributed by atoms with Crippen molar-refractivity contribution in [3.05, 3.63) is 53.9 Å². The van der Waals surface area contributed by atoms with Crippen LogP contribution in [-0.4, -0.2) is 82.7 Å². The summed E-state index contributed by atoms with van der Waals surface area (Å²) >= 11 is 0. The molecule has 0 aromatic carbocycles. The van der Waals surface area contributed by atoms with Gasteiger partial charge in [0.15, 0.2) is 11.6 Å². The Bertz CT molecular complexity index is 1340. The van der Waals surface area contributed by atoms with Crippen molar-refractivity contribution in [3.8, 4) is 17.3 Å². The molecule has 196 valence electrons. The third-order valence-corrected chi connectivity index (χ3v) is 6.40. The molecule has 0 amide bonds. The Morgan fingerprint density at radius 2 is 2.00 bits per heavy atom. The van der Waals surface area contributed by atoms with Crippen molar-refractivity contribution in [2.45, 2.75) is 19.0 Å². The van der Waals surface area contributed by atoms with Crippen LogP contribution in [0.15, 0.2) is 36.8 Å². The molecule has 0 aliphatic carbocycles. The Labute approximate surface area is 218 Å². The number of ether oxygens (including phenoxy) is 1. The molecule has 0 saturated carbocycles. The van der Waals surface area contributed by atoms with Crippen molar-refractivity contribution >= 4 is 23.2 Å². The SMILES string of the molecule is N#Cc1cc(-c2nc(Nc3ccc(CC(=O)CN4CCOCC4)nc3)ncc2F)cnc1N1CC[C@H](F)C1. The molecule has 0 bridgehead atoms. The van der Waals surface area contributed by atoms with Crippen LogP contribution in [0.1, 0.15) is 17.7 Å². The molecule has 0 unspecified atom stereocenters. The quantitative estimate of drug-likeness (QED) is 0.475. The van der Waals surface area contributed by atoms with E-state index in [1.54, 1.807) is 23.2 Å². The molecule has 1 atom stereocenters. The zero-order chi connectivity index (χ0) is 26.5. The number of hydrogen-bond donors (Lipinski definition) is 1. The summed E-state index contributed by atoms with van der Waals surface area (Å²) in [6.07, 6.45) is 3.65. The first-order valence-corrected chi connectivity index (χ1v) is 12.3. The van der Waals surface area contributed by atoms with Crippen molar-refractivity contribution in [3.63, 3.8) is 0 Å². The first kappa shape index (κ1) is 25.6. The average molecular weight is 521 g/mol. The molecule has 2 fully saturated rings. The van der Waals surface area contributed by atoms with E-state index in [-0.39, 0.29) is 36.0 Å². The van der Waals surface area contributed by atoms with Gasteiger partial charge in [-0.15, -0.1) is 0 Å². The normalized spacial score (nSPS) is 17.8. The minimum atomic E-state index is -0.963. The number of nitrogens with zero attached hydrogens (tertiary/aromatic N) is 7.